The van der Waals surface area contributed by atoms with Crippen LogP contribution in [0.5, 0.6) is 0 Å². The van der Waals surface area contributed by atoms with Gasteiger partial charge in [-0.05, 0) is 29.8 Å². The van der Waals surface area contributed by atoms with Crippen molar-refractivity contribution in [2.75, 3.05) is 13.1 Å². The lowest BCUT2D eigenvalue weighted by Gasteiger charge is -2.23. The molecule has 21 heavy (non-hydrogen) atoms. The Morgan fingerprint density at radius 1 is 1.29 bits per heavy atom. The number of halogens is 1. The topological polar surface area (TPSA) is 60.4 Å². The first-order valence-corrected chi connectivity index (χ1v) is 6.74. The van der Waals surface area contributed by atoms with Gasteiger partial charge in [0.05, 0.1) is 25.0 Å². The maximum Gasteiger partial charge on any atom is 0.123 e. The van der Waals surface area contributed by atoms with Crippen LogP contribution >= 0.6 is 0 Å². The molecule has 0 aliphatic carbocycles. The fraction of sp³-hybridized carbons (Fsp3) is 0.312. The van der Waals surface area contributed by atoms with Crippen LogP contribution in [0, 0.1) is 17.1 Å². The minimum atomic E-state index is -0.737. The first-order valence-electron chi connectivity index (χ1n) is 6.74. The van der Waals surface area contributed by atoms with Gasteiger partial charge in [-0.25, -0.2) is 4.39 Å². The molecule has 1 aromatic carbocycles. The molecular weight excluding hydrogens is 271 g/mol. The van der Waals surface area contributed by atoms with Gasteiger partial charge < -0.3 is 9.52 Å². The van der Waals surface area contributed by atoms with Crippen molar-refractivity contribution < 1.29 is 13.9 Å². The highest BCUT2D eigenvalue weighted by atomic mass is 19.1. The average molecular weight is 288 g/mol. The first kappa shape index (κ1) is 15.2. The molecule has 0 aliphatic heterocycles. The second kappa shape index (κ2) is 7.58. The van der Waals surface area contributed by atoms with Crippen molar-refractivity contribution in [2.24, 2.45) is 0 Å². The second-order valence-electron chi connectivity index (χ2n) is 4.79. The number of nitriles is 1. The largest absolute Gasteiger partial charge is 0.468 e. The van der Waals surface area contributed by atoms with Crippen LogP contribution in [0.2, 0.25) is 0 Å². The molecule has 0 saturated carbocycles. The molecule has 0 fully saturated rings. The van der Waals surface area contributed by atoms with Crippen molar-refractivity contribution in [3.8, 4) is 6.07 Å². The molecule has 0 amide bonds. The number of benzene rings is 1. The fourth-order valence-electron chi connectivity index (χ4n) is 2.10. The van der Waals surface area contributed by atoms with E-state index < -0.39 is 6.10 Å². The molecule has 0 bridgehead atoms. The normalized spacial score (nSPS) is 12.3. The number of furan rings is 1. The zero-order valence-corrected chi connectivity index (χ0v) is 11.6. The monoisotopic (exact) mass is 288 g/mol. The smallest absolute Gasteiger partial charge is 0.123 e. The Balaban J connectivity index is 1.99. The zero-order chi connectivity index (χ0) is 15.1. The summed E-state index contributed by atoms with van der Waals surface area (Å²) in [6, 6.07) is 11.5. The number of rotatable bonds is 7. The van der Waals surface area contributed by atoms with Gasteiger partial charge in [-0.3, -0.25) is 4.90 Å². The molecule has 1 unspecified atom stereocenters. The minimum absolute atomic E-state index is 0.331. The summed E-state index contributed by atoms with van der Waals surface area (Å²) >= 11 is 0. The highest BCUT2D eigenvalue weighted by Gasteiger charge is 2.15. The van der Waals surface area contributed by atoms with Crippen molar-refractivity contribution in [1.82, 2.24) is 4.90 Å². The van der Waals surface area contributed by atoms with Crippen LogP contribution in [0.4, 0.5) is 4.39 Å². The highest BCUT2D eigenvalue weighted by Crippen LogP contribution is 2.16. The Kier molecular flexibility index (Phi) is 5.50. The lowest BCUT2D eigenvalue weighted by atomic mass is 10.1. The van der Waals surface area contributed by atoms with Crippen molar-refractivity contribution in [3.05, 3.63) is 59.8 Å². The molecule has 1 heterocycles. The molecule has 0 radical (unpaired) electrons. The Hall–Kier alpha value is -2.16. The van der Waals surface area contributed by atoms with Gasteiger partial charge in [0.25, 0.3) is 0 Å². The molecule has 1 N–H and O–H groups in total. The van der Waals surface area contributed by atoms with E-state index >= 15 is 0 Å². The van der Waals surface area contributed by atoms with E-state index in [1.54, 1.807) is 24.5 Å². The number of nitrogens with zero attached hydrogens (tertiary/aromatic N) is 2. The molecule has 1 atom stereocenters. The van der Waals surface area contributed by atoms with Gasteiger partial charge in [-0.2, -0.15) is 5.26 Å². The van der Waals surface area contributed by atoms with E-state index in [1.165, 1.54) is 12.1 Å². The van der Waals surface area contributed by atoms with Gasteiger partial charge in [0, 0.05) is 19.5 Å². The van der Waals surface area contributed by atoms with Crippen LogP contribution in [0.25, 0.3) is 0 Å². The summed E-state index contributed by atoms with van der Waals surface area (Å²) in [5.41, 5.74) is 0.651. The number of hydrogen-bond acceptors (Lipinski definition) is 4. The summed E-state index contributed by atoms with van der Waals surface area (Å²) in [5.74, 6) is 0.446. The lowest BCUT2D eigenvalue weighted by Crippen LogP contribution is -2.29. The van der Waals surface area contributed by atoms with Crippen LogP contribution in [-0.2, 0) is 6.54 Å². The van der Waals surface area contributed by atoms with Gasteiger partial charge in [0.15, 0.2) is 0 Å². The van der Waals surface area contributed by atoms with Gasteiger partial charge in [0.1, 0.15) is 11.6 Å². The van der Waals surface area contributed by atoms with E-state index in [0.29, 0.717) is 31.6 Å². The zero-order valence-electron chi connectivity index (χ0n) is 11.6. The van der Waals surface area contributed by atoms with Crippen LogP contribution in [-0.4, -0.2) is 23.1 Å². The Morgan fingerprint density at radius 2 is 2.05 bits per heavy atom. The third kappa shape index (κ3) is 4.71. The number of aliphatic hydroxyl groups is 1. The molecule has 2 aromatic rings. The molecule has 2 rings (SSSR count). The molecule has 0 aliphatic rings. The lowest BCUT2D eigenvalue weighted by molar-refractivity contribution is 0.106. The first-order chi connectivity index (χ1) is 10.2. The van der Waals surface area contributed by atoms with Crippen molar-refractivity contribution >= 4 is 0 Å². The van der Waals surface area contributed by atoms with Gasteiger partial charge in [-0.15, -0.1) is 0 Å². The van der Waals surface area contributed by atoms with E-state index in [4.69, 9.17) is 9.68 Å². The molecular formula is C16H17FN2O2. The maximum absolute atomic E-state index is 12.9. The number of hydrogen-bond donors (Lipinski definition) is 1. The molecule has 0 spiro atoms. The average Bonchev–Trinajstić information content (AvgIpc) is 2.98. The summed E-state index contributed by atoms with van der Waals surface area (Å²) in [5, 5.41) is 19.0. The van der Waals surface area contributed by atoms with Crippen LogP contribution < -0.4 is 0 Å². The summed E-state index contributed by atoms with van der Waals surface area (Å²) in [4.78, 5) is 1.94. The predicted octanol–water partition coefficient (Wildman–Crippen LogP) is 2.87. The highest BCUT2D eigenvalue weighted by molar-refractivity contribution is 5.18. The Labute approximate surface area is 123 Å². The van der Waals surface area contributed by atoms with E-state index in [0.717, 1.165) is 5.76 Å². The maximum atomic E-state index is 12.9. The predicted molar refractivity (Wildman–Crippen MR) is 75.6 cm³/mol. The van der Waals surface area contributed by atoms with Gasteiger partial charge in [-0.1, -0.05) is 12.1 Å². The third-order valence-corrected chi connectivity index (χ3v) is 3.19. The van der Waals surface area contributed by atoms with E-state index in [9.17, 15) is 9.50 Å². The number of aliphatic hydroxyl groups excluding tert-OH is 1. The summed E-state index contributed by atoms with van der Waals surface area (Å²) in [7, 11) is 0. The van der Waals surface area contributed by atoms with E-state index in [1.807, 2.05) is 11.0 Å². The quantitative estimate of drug-likeness (QED) is 0.851. The molecule has 110 valence electrons. The second-order valence-corrected chi connectivity index (χ2v) is 4.79. The van der Waals surface area contributed by atoms with Crippen LogP contribution in [0.15, 0.2) is 47.1 Å². The minimum Gasteiger partial charge on any atom is -0.468 e. The standard InChI is InChI=1S/C16H17FN2O2/c17-14-6-4-13(5-7-14)16(20)12-19(9-2-8-18)11-15-3-1-10-21-15/h1,3-7,10,16,20H,2,9,11-12H2. The van der Waals surface area contributed by atoms with E-state index in [-0.39, 0.29) is 5.82 Å². The van der Waals surface area contributed by atoms with Crippen molar-refractivity contribution in [2.45, 2.75) is 19.1 Å². The Morgan fingerprint density at radius 3 is 2.67 bits per heavy atom. The van der Waals surface area contributed by atoms with Gasteiger partial charge >= 0.3 is 0 Å². The third-order valence-electron chi connectivity index (χ3n) is 3.19. The van der Waals surface area contributed by atoms with E-state index in [2.05, 4.69) is 6.07 Å². The summed E-state index contributed by atoms with van der Waals surface area (Å²) < 4.78 is 18.2. The summed E-state index contributed by atoms with van der Waals surface area (Å²) in [6.45, 7) is 1.41. The fourth-order valence-corrected chi connectivity index (χ4v) is 2.10. The van der Waals surface area contributed by atoms with Crippen molar-refractivity contribution in [3.63, 3.8) is 0 Å². The van der Waals surface area contributed by atoms with Gasteiger partial charge in [0.2, 0.25) is 0 Å². The SMILES string of the molecule is N#CCCN(Cc1ccco1)CC(O)c1ccc(F)cc1. The van der Waals surface area contributed by atoms with Crippen molar-refractivity contribution in [1.29, 1.82) is 5.26 Å². The summed E-state index contributed by atoms with van der Waals surface area (Å²) in [6.07, 6.45) is 1.23. The molecule has 0 saturated heterocycles. The molecule has 5 heteroatoms. The molecule has 1 aromatic heterocycles. The molecule has 4 nitrogen and oxygen atoms in total. The Bertz CT molecular complexity index is 575. The van der Waals surface area contributed by atoms with Crippen LogP contribution in [0.3, 0.4) is 0 Å². The van der Waals surface area contributed by atoms with Crippen LogP contribution in [0.1, 0.15) is 23.8 Å².